The van der Waals surface area contributed by atoms with E-state index in [9.17, 15) is 10.1 Å². The highest BCUT2D eigenvalue weighted by Crippen LogP contribution is 2.24. The summed E-state index contributed by atoms with van der Waals surface area (Å²) < 4.78 is 5.52. The zero-order valence-electron chi connectivity index (χ0n) is 15.2. The van der Waals surface area contributed by atoms with Crippen molar-refractivity contribution in [2.45, 2.75) is 38.7 Å². The molecule has 0 aliphatic carbocycles. The number of nitrogens with zero attached hydrogens (tertiary/aromatic N) is 2. The third-order valence-electron chi connectivity index (χ3n) is 4.56. The van der Waals surface area contributed by atoms with Gasteiger partial charge in [0.25, 0.3) is 5.91 Å². The molecule has 5 nitrogen and oxygen atoms in total. The van der Waals surface area contributed by atoms with Crippen molar-refractivity contribution in [1.29, 1.82) is 5.26 Å². The minimum absolute atomic E-state index is 0.114. The fraction of sp³-hybridized carbons (Fsp3) is 0.381. The maximum Gasteiger partial charge on any atom is 0.251 e. The van der Waals surface area contributed by atoms with E-state index in [1.165, 1.54) is 0 Å². The molecule has 0 spiro atoms. The third-order valence-corrected chi connectivity index (χ3v) is 4.56. The predicted octanol–water partition coefficient (Wildman–Crippen LogP) is 3.65. The van der Waals surface area contributed by atoms with Crippen LogP contribution in [0.25, 0.3) is 11.3 Å². The van der Waals surface area contributed by atoms with Crippen molar-refractivity contribution in [3.05, 3.63) is 53.2 Å². The number of pyridine rings is 1. The van der Waals surface area contributed by atoms with Gasteiger partial charge in [0.05, 0.1) is 17.4 Å². The molecule has 26 heavy (non-hydrogen) atoms. The molecule has 1 amide bonds. The van der Waals surface area contributed by atoms with Crippen molar-refractivity contribution in [1.82, 2.24) is 10.3 Å². The van der Waals surface area contributed by atoms with Crippen LogP contribution in [0.1, 0.15) is 54.2 Å². The summed E-state index contributed by atoms with van der Waals surface area (Å²) in [4.78, 5) is 16.9. The molecule has 2 heterocycles. The average molecular weight is 349 g/mol. The molecule has 3 rings (SSSR count). The van der Waals surface area contributed by atoms with Gasteiger partial charge in [-0.05, 0) is 43.0 Å². The van der Waals surface area contributed by atoms with Gasteiger partial charge >= 0.3 is 0 Å². The van der Waals surface area contributed by atoms with Crippen LogP contribution in [0, 0.1) is 11.3 Å². The lowest BCUT2D eigenvalue weighted by Gasteiger charge is -2.12. The number of hydrogen-bond acceptors (Lipinski definition) is 4. The summed E-state index contributed by atoms with van der Waals surface area (Å²) in [5.74, 6) is 0.167. The number of carbonyl (C=O) groups excluding carboxylic acids is 1. The van der Waals surface area contributed by atoms with Crippen molar-refractivity contribution in [3.63, 3.8) is 0 Å². The van der Waals surface area contributed by atoms with Crippen molar-refractivity contribution in [3.8, 4) is 17.3 Å². The Morgan fingerprint density at radius 3 is 2.69 bits per heavy atom. The summed E-state index contributed by atoms with van der Waals surface area (Å²) in [5, 5.41) is 12.3. The zero-order chi connectivity index (χ0) is 18.5. The molecule has 134 valence electrons. The van der Waals surface area contributed by atoms with E-state index < -0.39 is 0 Å². The van der Waals surface area contributed by atoms with Gasteiger partial charge in [0.1, 0.15) is 6.07 Å². The molecule has 1 aromatic heterocycles. The number of nitrogens with one attached hydrogen (secondary N) is 1. The molecule has 1 N–H and O–H groups in total. The summed E-state index contributed by atoms with van der Waals surface area (Å²) in [6, 6.07) is 13.1. The first-order chi connectivity index (χ1) is 12.6. The SMILES string of the molecule is CC(C)c1ccc(C#N)c(-c2ccc(C(=O)NC[C@H]3CCCO3)cc2)n1. The molecular weight excluding hydrogens is 326 g/mol. The number of benzene rings is 1. The number of carbonyl (C=O) groups is 1. The molecule has 1 saturated heterocycles. The fourth-order valence-electron chi connectivity index (χ4n) is 3.00. The number of rotatable bonds is 5. The molecule has 0 bridgehead atoms. The average Bonchev–Trinajstić information content (AvgIpc) is 3.19. The maximum absolute atomic E-state index is 12.3. The maximum atomic E-state index is 12.3. The second kappa shape index (κ2) is 8.11. The van der Waals surface area contributed by atoms with E-state index in [0.29, 0.717) is 23.4 Å². The van der Waals surface area contributed by atoms with E-state index in [-0.39, 0.29) is 17.9 Å². The Morgan fingerprint density at radius 1 is 1.31 bits per heavy atom. The molecule has 0 radical (unpaired) electrons. The quantitative estimate of drug-likeness (QED) is 0.894. The van der Waals surface area contributed by atoms with Gasteiger partial charge in [0, 0.05) is 30.0 Å². The Labute approximate surface area is 154 Å². The molecule has 1 aromatic carbocycles. The molecule has 1 aliphatic heterocycles. The van der Waals surface area contributed by atoms with Crippen molar-refractivity contribution >= 4 is 5.91 Å². The number of amides is 1. The lowest BCUT2D eigenvalue weighted by molar-refractivity contribution is 0.0858. The Balaban J connectivity index is 1.75. The molecule has 1 fully saturated rings. The predicted molar refractivity (Wildman–Crippen MR) is 99.8 cm³/mol. The first kappa shape index (κ1) is 18.1. The third kappa shape index (κ3) is 4.09. The van der Waals surface area contributed by atoms with E-state index in [4.69, 9.17) is 4.74 Å². The topological polar surface area (TPSA) is 75.0 Å². The molecule has 1 atom stereocenters. The van der Waals surface area contributed by atoms with Crippen LogP contribution in [0.3, 0.4) is 0 Å². The minimum atomic E-state index is -0.114. The van der Waals surface area contributed by atoms with Gasteiger partial charge in [-0.2, -0.15) is 5.26 Å². The fourth-order valence-corrected chi connectivity index (χ4v) is 3.00. The van der Waals surface area contributed by atoms with Gasteiger partial charge in [-0.25, -0.2) is 0 Å². The van der Waals surface area contributed by atoms with E-state index >= 15 is 0 Å². The molecule has 0 unspecified atom stereocenters. The van der Waals surface area contributed by atoms with Gasteiger partial charge in [-0.3, -0.25) is 9.78 Å². The summed E-state index contributed by atoms with van der Waals surface area (Å²) in [6.45, 7) is 5.45. The van der Waals surface area contributed by atoms with Crippen LogP contribution in [-0.4, -0.2) is 30.1 Å². The monoisotopic (exact) mass is 349 g/mol. The molecule has 2 aromatic rings. The van der Waals surface area contributed by atoms with Crippen LogP contribution in [0.15, 0.2) is 36.4 Å². The summed E-state index contributed by atoms with van der Waals surface area (Å²) in [6.07, 6.45) is 2.17. The minimum Gasteiger partial charge on any atom is -0.376 e. The smallest absolute Gasteiger partial charge is 0.251 e. The summed E-state index contributed by atoms with van der Waals surface area (Å²) in [5.41, 5.74) is 3.55. The van der Waals surface area contributed by atoms with E-state index in [1.807, 2.05) is 18.2 Å². The normalized spacial score (nSPS) is 16.5. The van der Waals surface area contributed by atoms with Crippen LogP contribution in [0.4, 0.5) is 0 Å². The van der Waals surface area contributed by atoms with Gasteiger partial charge in [0.2, 0.25) is 0 Å². The van der Waals surface area contributed by atoms with E-state index in [2.05, 4.69) is 30.2 Å². The number of ether oxygens (including phenoxy) is 1. The lowest BCUT2D eigenvalue weighted by Crippen LogP contribution is -2.31. The second-order valence-corrected chi connectivity index (χ2v) is 6.82. The Hall–Kier alpha value is -2.71. The Morgan fingerprint density at radius 2 is 2.08 bits per heavy atom. The highest BCUT2D eigenvalue weighted by atomic mass is 16.5. The highest BCUT2D eigenvalue weighted by molar-refractivity contribution is 5.94. The summed E-state index contributed by atoms with van der Waals surface area (Å²) in [7, 11) is 0. The van der Waals surface area contributed by atoms with Gasteiger partial charge < -0.3 is 10.1 Å². The molecule has 0 saturated carbocycles. The van der Waals surface area contributed by atoms with E-state index in [0.717, 1.165) is 30.7 Å². The number of aromatic nitrogens is 1. The second-order valence-electron chi connectivity index (χ2n) is 6.82. The highest BCUT2D eigenvalue weighted by Gasteiger charge is 2.17. The first-order valence-corrected chi connectivity index (χ1v) is 8.99. The Kier molecular flexibility index (Phi) is 5.65. The van der Waals surface area contributed by atoms with Gasteiger partial charge in [-0.1, -0.05) is 26.0 Å². The van der Waals surface area contributed by atoms with Crippen molar-refractivity contribution < 1.29 is 9.53 Å². The number of nitriles is 1. The lowest BCUT2D eigenvalue weighted by atomic mass is 10.0. The van der Waals surface area contributed by atoms with Crippen LogP contribution in [-0.2, 0) is 4.74 Å². The standard InChI is InChI=1S/C21H23N3O2/c1-14(2)19-10-9-17(12-22)20(24-19)15-5-7-16(8-6-15)21(25)23-13-18-4-3-11-26-18/h5-10,14,18H,3-4,11,13H2,1-2H3,(H,23,25)/t18-/m1/s1. The van der Waals surface area contributed by atoms with Crippen LogP contribution < -0.4 is 5.32 Å². The van der Waals surface area contributed by atoms with Crippen molar-refractivity contribution in [2.75, 3.05) is 13.2 Å². The van der Waals surface area contributed by atoms with Crippen LogP contribution in [0.5, 0.6) is 0 Å². The summed E-state index contributed by atoms with van der Waals surface area (Å²) >= 11 is 0. The first-order valence-electron chi connectivity index (χ1n) is 8.99. The van der Waals surface area contributed by atoms with Crippen LogP contribution in [0.2, 0.25) is 0 Å². The van der Waals surface area contributed by atoms with Crippen molar-refractivity contribution in [2.24, 2.45) is 0 Å². The van der Waals surface area contributed by atoms with Gasteiger partial charge in [-0.15, -0.1) is 0 Å². The van der Waals surface area contributed by atoms with E-state index in [1.54, 1.807) is 18.2 Å². The molecule has 1 aliphatic rings. The largest absolute Gasteiger partial charge is 0.376 e. The zero-order valence-corrected chi connectivity index (χ0v) is 15.2. The molecular formula is C21H23N3O2. The Bertz CT molecular complexity index is 816. The van der Waals surface area contributed by atoms with Gasteiger partial charge in [0.15, 0.2) is 0 Å². The van der Waals surface area contributed by atoms with Crippen LogP contribution >= 0.6 is 0 Å². The molecule has 5 heteroatoms. The number of hydrogen-bond donors (Lipinski definition) is 1.